The lowest BCUT2D eigenvalue weighted by atomic mass is 10.1. The van der Waals surface area contributed by atoms with Gasteiger partial charge in [0.2, 0.25) is 0 Å². The second kappa shape index (κ2) is 5.55. The van der Waals surface area contributed by atoms with Crippen LogP contribution < -0.4 is 11.1 Å². The average molecular weight is 306 g/mol. The molecule has 0 aliphatic rings. The van der Waals surface area contributed by atoms with Gasteiger partial charge in [-0.15, -0.1) is 0 Å². The Morgan fingerprint density at radius 2 is 1.76 bits per heavy atom. The number of aryl methyl sites for hydroxylation is 1. The Balaban J connectivity index is 2.28. The van der Waals surface area contributed by atoms with Crippen molar-refractivity contribution in [3.8, 4) is 0 Å². The first-order valence-corrected chi connectivity index (χ1v) is 7.46. The maximum atomic E-state index is 12.0. The topological polar surface area (TPSA) is 109 Å². The van der Waals surface area contributed by atoms with E-state index in [2.05, 4.69) is 5.32 Å². The van der Waals surface area contributed by atoms with Crippen LogP contribution in [0.15, 0.2) is 47.4 Å². The van der Waals surface area contributed by atoms with Crippen LogP contribution in [0.1, 0.15) is 15.9 Å². The molecule has 0 fully saturated rings. The van der Waals surface area contributed by atoms with Crippen molar-refractivity contribution in [2.45, 2.75) is 11.8 Å². The fourth-order valence-corrected chi connectivity index (χ4v) is 2.39. The van der Waals surface area contributed by atoms with E-state index in [4.69, 9.17) is 10.3 Å². The van der Waals surface area contributed by atoms with Crippen molar-refractivity contribution in [1.82, 2.24) is 0 Å². The summed E-state index contributed by atoms with van der Waals surface area (Å²) in [6.07, 6.45) is 0. The molecule has 0 saturated carbocycles. The summed E-state index contributed by atoms with van der Waals surface area (Å²) in [5, 5.41) is 2.55. The summed E-state index contributed by atoms with van der Waals surface area (Å²) in [6.45, 7) is 1.90. The van der Waals surface area contributed by atoms with Gasteiger partial charge in [-0.05, 0) is 37.3 Å². The number of rotatable bonds is 3. The molecule has 0 aliphatic carbocycles. The third kappa shape index (κ3) is 3.59. The number of hydrogen-bond acceptors (Lipinski definition) is 4. The normalized spacial score (nSPS) is 11.1. The van der Waals surface area contributed by atoms with Crippen molar-refractivity contribution in [2.75, 3.05) is 11.1 Å². The first kappa shape index (κ1) is 15.0. The van der Waals surface area contributed by atoms with E-state index in [9.17, 15) is 13.2 Å². The lowest BCUT2D eigenvalue weighted by Crippen LogP contribution is -2.13. The van der Waals surface area contributed by atoms with Crippen LogP contribution >= 0.6 is 0 Å². The van der Waals surface area contributed by atoms with E-state index < -0.39 is 15.0 Å². The third-order valence-corrected chi connectivity index (χ3v) is 3.77. The molecular weight excluding hydrogens is 292 g/mol. The van der Waals surface area contributed by atoms with Gasteiger partial charge in [0.1, 0.15) is 4.90 Å². The first-order valence-electron chi connectivity index (χ1n) is 6.02. The van der Waals surface area contributed by atoms with Crippen LogP contribution in [-0.4, -0.2) is 18.9 Å². The minimum atomic E-state index is -4.44. The zero-order valence-electron chi connectivity index (χ0n) is 11.2. The second-order valence-electron chi connectivity index (χ2n) is 4.55. The van der Waals surface area contributed by atoms with Crippen LogP contribution in [0.25, 0.3) is 0 Å². The summed E-state index contributed by atoms with van der Waals surface area (Å²) in [6, 6.07) is 10.8. The molecule has 0 aliphatic heterocycles. The van der Waals surface area contributed by atoms with Gasteiger partial charge in [-0.1, -0.05) is 17.7 Å². The number of anilines is 2. The Kier molecular flexibility index (Phi) is 3.97. The minimum absolute atomic E-state index is 0.0918. The van der Waals surface area contributed by atoms with Crippen LogP contribution in [0.3, 0.4) is 0 Å². The van der Waals surface area contributed by atoms with Gasteiger partial charge in [0.25, 0.3) is 16.0 Å². The summed E-state index contributed by atoms with van der Waals surface area (Å²) in [4.78, 5) is 11.6. The molecule has 6 nitrogen and oxygen atoms in total. The quantitative estimate of drug-likeness (QED) is 0.594. The molecule has 0 bridgehead atoms. The molecule has 4 N–H and O–H groups in total. The molecule has 2 aromatic rings. The maximum Gasteiger partial charge on any atom is 0.296 e. The fourth-order valence-electron chi connectivity index (χ4n) is 1.74. The summed E-state index contributed by atoms with van der Waals surface area (Å²) in [5.41, 5.74) is 7.07. The molecule has 0 atom stereocenters. The van der Waals surface area contributed by atoms with Gasteiger partial charge >= 0.3 is 0 Å². The Morgan fingerprint density at radius 3 is 2.33 bits per heavy atom. The molecule has 0 radical (unpaired) electrons. The molecule has 0 heterocycles. The Bertz CT molecular complexity index is 783. The van der Waals surface area contributed by atoms with Crippen LogP contribution in [-0.2, 0) is 10.1 Å². The number of carbonyl (C=O) groups is 1. The van der Waals surface area contributed by atoms with E-state index in [0.717, 1.165) is 11.6 Å². The number of benzene rings is 2. The van der Waals surface area contributed by atoms with Crippen LogP contribution in [0, 0.1) is 6.92 Å². The molecule has 2 rings (SSSR count). The molecule has 2 aromatic carbocycles. The van der Waals surface area contributed by atoms with Crippen molar-refractivity contribution in [2.24, 2.45) is 0 Å². The van der Waals surface area contributed by atoms with E-state index in [1.807, 2.05) is 6.92 Å². The SMILES string of the molecule is Cc1ccc(C(=O)Nc2ccc(N)c(S(=O)(=O)O)c2)cc1. The molecule has 7 heteroatoms. The van der Waals surface area contributed by atoms with Crippen LogP contribution in [0.5, 0.6) is 0 Å². The van der Waals surface area contributed by atoms with Crippen molar-refractivity contribution >= 4 is 27.4 Å². The van der Waals surface area contributed by atoms with Gasteiger partial charge < -0.3 is 11.1 Å². The highest BCUT2D eigenvalue weighted by Gasteiger charge is 2.15. The Labute approximate surface area is 122 Å². The van der Waals surface area contributed by atoms with Crippen molar-refractivity contribution in [1.29, 1.82) is 0 Å². The van der Waals surface area contributed by atoms with Crippen molar-refractivity contribution < 1.29 is 17.8 Å². The number of carbonyl (C=O) groups excluding carboxylic acids is 1. The number of amides is 1. The van der Waals surface area contributed by atoms with Gasteiger partial charge in [0, 0.05) is 11.3 Å². The molecule has 21 heavy (non-hydrogen) atoms. The highest BCUT2D eigenvalue weighted by molar-refractivity contribution is 7.86. The summed E-state index contributed by atoms with van der Waals surface area (Å²) in [7, 11) is -4.44. The second-order valence-corrected chi connectivity index (χ2v) is 5.94. The van der Waals surface area contributed by atoms with E-state index in [-0.39, 0.29) is 17.3 Å². The van der Waals surface area contributed by atoms with Crippen LogP contribution in [0.2, 0.25) is 0 Å². The standard InChI is InChI=1S/C14H14N2O4S/c1-9-2-4-10(5-3-9)14(17)16-11-6-7-12(15)13(8-11)21(18,19)20/h2-8H,15H2,1H3,(H,16,17)(H,18,19,20). The molecule has 0 spiro atoms. The van der Waals surface area contributed by atoms with Crippen molar-refractivity contribution in [3.63, 3.8) is 0 Å². The molecular formula is C14H14N2O4S. The van der Waals surface area contributed by atoms with E-state index in [1.54, 1.807) is 24.3 Å². The first-order chi connectivity index (χ1) is 9.77. The van der Waals surface area contributed by atoms with Crippen molar-refractivity contribution in [3.05, 3.63) is 53.6 Å². The molecule has 1 amide bonds. The average Bonchev–Trinajstić information content (AvgIpc) is 2.40. The lowest BCUT2D eigenvalue weighted by Gasteiger charge is -2.08. The van der Waals surface area contributed by atoms with Gasteiger partial charge in [0.05, 0.1) is 5.69 Å². The highest BCUT2D eigenvalue weighted by atomic mass is 32.2. The van der Waals surface area contributed by atoms with Crippen LogP contribution in [0.4, 0.5) is 11.4 Å². The third-order valence-electron chi connectivity index (χ3n) is 2.86. The predicted octanol–water partition coefficient (Wildman–Crippen LogP) is 2.08. The number of hydrogen-bond donors (Lipinski definition) is 3. The lowest BCUT2D eigenvalue weighted by molar-refractivity contribution is 0.102. The number of nitrogens with two attached hydrogens (primary N) is 1. The van der Waals surface area contributed by atoms with E-state index >= 15 is 0 Å². The predicted molar refractivity (Wildman–Crippen MR) is 79.8 cm³/mol. The number of nitrogen functional groups attached to an aromatic ring is 1. The summed E-state index contributed by atoms with van der Waals surface area (Å²) >= 11 is 0. The fraction of sp³-hybridized carbons (Fsp3) is 0.0714. The zero-order valence-corrected chi connectivity index (χ0v) is 12.0. The summed E-state index contributed by atoms with van der Waals surface area (Å²) < 4.78 is 31.4. The summed E-state index contributed by atoms with van der Waals surface area (Å²) in [5.74, 6) is -0.388. The van der Waals surface area contributed by atoms with Gasteiger partial charge in [-0.3, -0.25) is 9.35 Å². The number of nitrogens with one attached hydrogen (secondary N) is 1. The molecule has 0 aromatic heterocycles. The maximum absolute atomic E-state index is 12.0. The minimum Gasteiger partial charge on any atom is -0.398 e. The highest BCUT2D eigenvalue weighted by Crippen LogP contribution is 2.22. The largest absolute Gasteiger partial charge is 0.398 e. The van der Waals surface area contributed by atoms with E-state index in [0.29, 0.717) is 5.56 Å². The van der Waals surface area contributed by atoms with Gasteiger partial charge in [0.15, 0.2) is 0 Å². The Hall–Kier alpha value is -2.38. The monoisotopic (exact) mass is 306 g/mol. The smallest absolute Gasteiger partial charge is 0.296 e. The van der Waals surface area contributed by atoms with E-state index in [1.165, 1.54) is 12.1 Å². The molecule has 0 saturated heterocycles. The Morgan fingerprint density at radius 1 is 1.14 bits per heavy atom. The zero-order chi connectivity index (χ0) is 15.6. The van der Waals surface area contributed by atoms with Gasteiger partial charge in [-0.2, -0.15) is 8.42 Å². The van der Waals surface area contributed by atoms with Gasteiger partial charge in [-0.25, -0.2) is 0 Å². The molecule has 0 unspecified atom stereocenters. The molecule has 110 valence electrons.